The van der Waals surface area contributed by atoms with Crippen LogP contribution in [0.4, 0.5) is 13.2 Å². The van der Waals surface area contributed by atoms with Crippen molar-refractivity contribution >= 4 is 5.97 Å². The van der Waals surface area contributed by atoms with E-state index in [0.29, 0.717) is 12.4 Å². The summed E-state index contributed by atoms with van der Waals surface area (Å²) in [7, 11) is 0. The lowest BCUT2D eigenvalue weighted by Crippen LogP contribution is -2.11. The number of alkyl halides is 3. The van der Waals surface area contributed by atoms with Gasteiger partial charge in [0.15, 0.2) is 0 Å². The standard InChI is InChI=1S/C21H15F3O3/c22-21(23,24)17-8-4-7-16(13-17)20(25)27-19-11-9-18(10-12-19)26-14-15-5-2-1-3-6-15/h1-13H,14H2. The molecule has 0 heterocycles. The Balaban J connectivity index is 1.62. The molecule has 0 aliphatic rings. The normalized spacial score (nSPS) is 11.1. The van der Waals surface area contributed by atoms with Crippen molar-refractivity contribution in [2.75, 3.05) is 0 Å². The summed E-state index contributed by atoms with van der Waals surface area (Å²) in [5.74, 6) is -0.0683. The van der Waals surface area contributed by atoms with Crippen LogP contribution < -0.4 is 9.47 Å². The molecule has 0 spiro atoms. The van der Waals surface area contributed by atoms with E-state index in [-0.39, 0.29) is 11.3 Å². The topological polar surface area (TPSA) is 35.5 Å². The van der Waals surface area contributed by atoms with Crippen LogP contribution in [0.5, 0.6) is 11.5 Å². The monoisotopic (exact) mass is 372 g/mol. The van der Waals surface area contributed by atoms with Gasteiger partial charge in [0.05, 0.1) is 11.1 Å². The van der Waals surface area contributed by atoms with Crippen molar-refractivity contribution in [3.63, 3.8) is 0 Å². The van der Waals surface area contributed by atoms with Crippen molar-refractivity contribution in [1.29, 1.82) is 0 Å². The highest BCUT2D eigenvalue weighted by Gasteiger charge is 2.31. The quantitative estimate of drug-likeness (QED) is 0.438. The molecule has 0 bridgehead atoms. The van der Waals surface area contributed by atoms with E-state index in [2.05, 4.69) is 0 Å². The Morgan fingerprint density at radius 2 is 1.48 bits per heavy atom. The van der Waals surface area contributed by atoms with Crippen LogP contribution in [0.1, 0.15) is 21.5 Å². The van der Waals surface area contributed by atoms with Crippen LogP contribution >= 0.6 is 0 Å². The lowest BCUT2D eigenvalue weighted by Gasteiger charge is -2.10. The Hall–Kier alpha value is -3.28. The fraction of sp³-hybridized carbons (Fsp3) is 0.0952. The lowest BCUT2D eigenvalue weighted by molar-refractivity contribution is -0.137. The molecule has 3 nitrogen and oxygen atoms in total. The van der Waals surface area contributed by atoms with Gasteiger partial charge in [-0.25, -0.2) is 4.79 Å². The molecule has 0 fully saturated rings. The molecule has 138 valence electrons. The average molecular weight is 372 g/mol. The number of ether oxygens (including phenoxy) is 2. The van der Waals surface area contributed by atoms with Crippen molar-refractivity contribution in [2.45, 2.75) is 12.8 Å². The summed E-state index contributed by atoms with van der Waals surface area (Å²) < 4.78 is 48.9. The summed E-state index contributed by atoms with van der Waals surface area (Å²) in [6.45, 7) is 0.393. The highest BCUT2D eigenvalue weighted by Crippen LogP contribution is 2.30. The molecular formula is C21H15F3O3. The molecule has 3 aromatic carbocycles. The third kappa shape index (κ3) is 5.10. The first-order chi connectivity index (χ1) is 12.9. The van der Waals surface area contributed by atoms with Gasteiger partial charge in [-0.1, -0.05) is 36.4 Å². The van der Waals surface area contributed by atoms with Gasteiger partial charge < -0.3 is 9.47 Å². The van der Waals surface area contributed by atoms with Crippen molar-refractivity contribution in [1.82, 2.24) is 0 Å². The minimum absolute atomic E-state index is 0.172. The first-order valence-corrected chi connectivity index (χ1v) is 8.08. The van der Waals surface area contributed by atoms with Crippen molar-refractivity contribution in [3.8, 4) is 11.5 Å². The highest BCUT2D eigenvalue weighted by molar-refractivity contribution is 5.91. The Morgan fingerprint density at radius 1 is 0.815 bits per heavy atom. The second kappa shape index (κ2) is 7.95. The van der Waals surface area contributed by atoms with Gasteiger partial charge in [0.25, 0.3) is 0 Å². The molecule has 6 heteroatoms. The van der Waals surface area contributed by atoms with E-state index in [1.54, 1.807) is 12.1 Å². The molecule has 3 aromatic rings. The van der Waals surface area contributed by atoms with Crippen LogP contribution in [0, 0.1) is 0 Å². The molecule has 27 heavy (non-hydrogen) atoms. The number of hydrogen-bond donors (Lipinski definition) is 0. The van der Waals surface area contributed by atoms with Crippen LogP contribution in [-0.4, -0.2) is 5.97 Å². The van der Waals surface area contributed by atoms with Crippen molar-refractivity contribution in [3.05, 3.63) is 95.6 Å². The molecule has 0 saturated carbocycles. The third-order valence-corrected chi connectivity index (χ3v) is 3.71. The highest BCUT2D eigenvalue weighted by atomic mass is 19.4. The summed E-state index contributed by atoms with van der Waals surface area (Å²) >= 11 is 0. The number of carbonyl (C=O) groups excluding carboxylic acids is 1. The largest absolute Gasteiger partial charge is 0.489 e. The van der Waals surface area contributed by atoms with E-state index in [9.17, 15) is 18.0 Å². The Kier molecular flexibility index (Phi) is 5.45. The molecule has 0 atom stereocenters. The van der Waals surface area contributed by atoms with Crippen LogP contribution in [0.15, 0.2) is 78.9 Å². The van der Waals surface area contributed by atoms with Gasteiger partial charge in [0, 0.05) is 0 Å². The fourth-order valence-electron chi connectivity index (χ4n) is 2.33. The van der Waals surface area contributed by atoms with Crippen LogP contribution in [0.3, 0.4) is 0 Å². The maximum atomic E-state index is 12.7. The molecule has 0 unspecified atom stereocenters. The van der Waals surface area contributed by atoms with E-state index in [1.807, 2.05) is 30.3 Å². The van der Waals surface area contributed by atoms with E-state index in [1.165, 1.54) is 24.3 Å². The van der Waals surface area contributed by atoms with Gasteiger partial charge in [0.2, 0.25) is 0 Å². The Labute approximate surface area is 154 Å². The van der Waals surface area contributed by atoms with Gasteiger partial charge in [-0.05, 0) is 48.0 Å². The van der Waals surface area contributed by atoms with E-state index >= 15 is 0 Å². The molecule has 0 aromatic heterocycles. The van der Waals surface area contributed by atoms with Gasteiger partial charge in [-0.3, -0.25) is 0 Å². The second-order valence-electron chi connectivity index (χ2n) is 5.71. The summed E-state index contributed by atoms with van der Waals surface area (Å²) in [6.07, 6.45) is -4.52. The van der Waals surface area contributed by atoms with Crippen LogP contribution in [0.25, 0.3) is 0 Å². The van der Waals surface area contributed by atoms with Gasteiger partial charge in [-0.2, -0.15) is 13.2 Å². The Morgan fingerprint density at radius 3 is 2.15 bits per heavy atom. The lowest BCUT2D eigenvalue weighted by atomic mass is 10.1. The van der Waals surface area contributed by atoms with Gasteiger partial charge in [-0.15, -0.1) is 0 Å². The van der Waals surface area contributed by atoms with Crippen LogP contribution in [0.2, 0.25) is 0 Å². The fourth-order valence-corrected chi connectivity index (χ4v) is 2.33. The zero-order valence-corrected chi connectivity index (χ0v) is 14.1. The molecule has 3 rings (SSSR count). The predicted molar refractivity (Wildman–Crippen MR) is 93.6 cm³/mol. The summed E-state index contributed by atoms with van der Waals surface area (Å²) in [5.41, 5.74) is -0.0617. The average Bonchev–Trinajstić information content (AvgIpc) is 2.68. The number of carbonyl (C=O) groups is 1. The maximum absolute atomic E-state index is 12.7. The number of rotatable bonds is 5. The molecule has 0 aliphatic carbocycles. The van der Waals surface area contributed by atoms with Crippen molar-refractivity contribution in [2.24, 2.45) is 0 Å². The Bertz CT molecular complexity index is 904. The smallest absolute Gasteiger partial charge is 0.416 e. The molecule has 0 amide bonds. The third-order valence-electron chi connectivity index (χ3n) is 3.71. The number of benzene rings is 3. The minimum Gasteiger partial charge on any atom is -0.489 e. The SMILES string of the molecule is O=C(Oc1ccc(OCc2ccccc2)cc1)c1cccc(C(F)(F)F)c1. The number of esters is 1. The number of hydrogen-bond acceptors (Lipinski definition) is 3. The minimum atomic E-state index is -4.52. The van der Waals surface area contributed by atoms with E-state index in [4.69, 9.17) is 9.47 Å². The summed E-state index contributed by atoms with van der Waals surface area (Å²) in [5, 5.41) is 0. The van der Waals surface area contributed by atoms with Gasteiger partial charge >= 0.3 is 12.1 Å². The summed E-state index contributed by atoms with van der Waals surface area (Å²) in [4.78, 5) is 12.1. The van der Waals surface area contributed by atoms with Crippen LogP contribution in [-0.2, 0) is 12.8 Å². The van der Waals surface area contributed by atoms with E-state index in [0.717, 1.165) is 17.7 Å². The first kappa shape index (κ1) is 18.5. The predicted octanol–water partition coefficient (Wildman–Crippen LogP) is 5.50. The zero-order chi connectivity index (χ0) is 19.3. The zero-order valence-electron chi connectivity index (χ0n) is 14.1. The maximum Gasteiger partial charge on any atom is 0.416 e. The molecule has 0 aliphatic heterocycles. The first-order valence-electron chi connectivity index (χ1n) is 8.08. The second-order valence-corrected chi connectivity index (χ2v) is 5.71. The molecule has 0 N–H and O–H groups in total. The molecular weight excluding hydrogens is 357 g/mol. The summed E-state index contributed by atoms with van der Waals surface area (Å²) in [6, 6.07) is 20.0. The number of halogens is 3. The molecule has 0 saturated heterocycles. The molecule has 0 radical (unpaired) electrons. The van der Waals surface area contributed by atoms with Gasteiger partial charge in [0.1, 0.15) is 18.1 Å². The van der Waals surface area contributed by atoms with E-state index < -0.39 is 17.7 Å². The van der Waals surface area contributed by atoms with Crippen molar-refractivity contribution < 1.29 is 27.4 Å².